The quantitative estimate of drug-likeness (QED) is 0.390. The number of hydrogen-bond donors (Lipinski definition) is 0. The number of hydrogen-bond acceptors (Lipinski definition) is 5. The van der Waals surface area contributed by atoms with Gasteiger partial charge in [-0.05, 0) is 37.3 Å². The van der Waals surface area contributed by atoms with Crippen molar-refractivity contribution in [1.29, 1.82) is 0 Å². The van der Waals surface area contributed by atoms with E-state index in [2.05, 4.69) is 0 Å². The Balaban J connectivity index is 1.87. The minimum Gasteiger partial charge on any atom is -0.463 e. The summed E-state index contributed by atoms with van der Waals surface area (Å²) in [6.45, 7) is 1.91. The Morgan fingerprint density at radius 2 is 1.67 bits per heavy atom. The van der Waals surface area contributed by atoms with Crippen molar-refractivity contribution in [2.24, 2.45) is 0 Å². The molecule has 5 aromatic rings. The van der Waals surface area contributed by atoms with Crippen LogP contribution in [-0.4, -0.2) is 25.5 Å². The van der Waals surface area contributed by atoms with Crippen LogP contribution in [0, 0.1) is 6.92 Å². The standard InChI is InChI=1S/C23H17NO5S/c1-14-7-9-16(10-8-14)30(26,27)24-19-6-4-3-5-17(19)18-11-15-12-22(23(25)28-2)29-21(15)13-20(18)24/h3-13H,1-2H3. The maximum absolute atomic E-state index is 13.6. The van der Waals surface area contributed by atoms with Crippen LogP contribution >= 0.6 is 0 Å². The zero-order chi connectivity index (χ0) is 21.0. The Bertz CT molecular complexity index is 1560. The fourth-order valence-electron chi connectivity index (χ4n) is 3.74. The number of carbonyl (C=O) groups is 1. The van der Waals surface area contributed by atoms with Crippen molar-refractivity contribution in [3.05, 3.63) is 78.1 Å². The molecule has 3 aromatic carbocycles. The van der Waals surface area contributed by atoms with E-state index in [0.29, 0.717) is 22.0 Å². The van der Waals surface area contributed by atoms with Crippen LogP contribution in [0.1, 0.15) is 16.1 Å². The number of aromatic nitrogens is 1. The van der Waals surface area contributed by atoms with Gasteiger partial charge in [-0.15, -0.1) is 0 Å². The molecule has 0 aliphatic heterocycles. The first kappa shape index (κ1) is 18.4. The highest BCUT2D eigenvalue weighted by atomic mass is 32.2. The summed E-state index contributed by atoms with van der Waals surface area (Å²) in [6, 6.07) is 19.2. The fourth-order valence-corrected chi connectivity index (χ4v) is 5.26. The van der Waals surface area contributed by atoms with E-state index in [0.717, 1.165) is 16.3 Å². The van der Waals surface area contributed by atoms with Gasteiger partial charge in [-0.3, -0.25) is 0 Å². The van der Waals surface area contributed by atoms with Crippen LogP contribution in [0.4, 0.5) is 0 Å². The van der Waals surface area contributed by atoms with Gasteiger partial charge in [0.25, 0.3) is 10.0 Å². The van der Waals surface area contributed by atoms with E-state index < -0.39 is 16.0 Å². The number of furan rings is 1. The largest absolute Gasteiger partial charge is 0.463 e. The molecule has 7 heteroatoms. The van der Waals surface area contributed by atoms with E-state index in [1.54, 1.807) is 42.5 Å². The van der Waals surface area contributed by atoms with Crippen molar-refractivity contribution in [2.45, 2.75) is 11.8 Å². The van der Waals surface area contributed by atoms with Crippen molar-refractivity contribution < 1.29 is 22.4 Å². The number of aryl methyl sites for hydroxylation is 1. The minimum atomic E-state index is -3.87. The maximum Gasteiger partial charge on any atom is 0.373 e. The predicted octanol–water partition coefficient (Wildman–Crippen LogP) is 4.87. The smallest absolute Gasteiger partial charge is 0.373 e. The number of para-hydroxylation sites is 1. The molecule has 30 heavy (non-hydrogen) atoms. The number of ether oxygens (including phenoxy) is 1. The van der Waals surface area contributed by atoms with Crippen molar-refractivity contribution in [1.82, 2.24) is 3.97 Å². The van der Waals surface area contributed by atoms with Gasteiger partial charge < -0.3 is 9.15 Å². The molecule has 0 radical (unpaired) electrons. The third kappa shape index (κ3) is 2.63. The summed E-state index contributed by atoms with van der Waals surface area (Å²) in [5.41, 5.74) is 2.44. The van der Waals surface area contributed by atoms with Crippen LogP contribution < -0.4 is 0 Å². The number of carbonyl (C=O) groups excluding carboxylic acids is 1. The second-order valence-electron chi connectivity index (χ2n) is 7.11. The summed E-state index contributed by atoms with van der Waals surface area (Å²) in [7, 11) is -2.59. The van der Waals surface area contributed by atoms with Crippen molar-refractivity contribution in [2.75, 3.05) is 7.11 Å². The Hall–Kier alpha value is -3.58. The van der Waals surface area contributed by atoms with Gasteiger partial charge >= 0.3 is 5.97 Å². The van der Waals surface area contributed by atoms with Crippen LogP contribution in [0.2, 0.25) is 0 Å². The van der Waals surface area contributed by atoms with Crippen molar-refractivity contribution >= 4 is 48.8 Å². The Kier molecular flexibility index (Phi) is 3.98. The Morgan fingerprint density at radius 3 is 2.40 bits per heavy atom. The van der Waals surface area contributed by atoms with Crippen LogP contribution in [0.5, 0.6) is 0 Å². The fraction of sp³-hybridized carbons (Fsp3) is 0.0870. The summed E-state index contributed by atoms with van der Waals surface area (Å²) in [5.74, 6) is -0.520. The van der Waals surface area contributed by atoms with Crippen molar-refractivity contribution in [3.63, 3.8) is 0 Å². The molecule has 0 bridgehead atoms. The summed E-state index contributed by atoms with van der Waals surface area (Å²) in [4.78, 5) is 12.0. The SMILES string of the molecule is COC(=O)c1cc2cc3c4ccccc4n(S(=O)(=O)c4ccc(C)cc4)c3cc2o1. The number of benzene rings is 3. The predicted molar refractivity (Wildman–Crippen MR) is 114 cm³/mol. The van der Waals surface area contributed by atoms with E-state index >= 15 is 0 Å². The monoisotopic (exact) mass is 419 g/mol. The van der Waals surface area contributed by atoms with E-state index in [1.807, 2.05) is 31.2 Å². The van der Waals surface area contributed by atoms with Crippen LogP contribution in [0.25, 0.3) is 32.8 Å². The summed E-state index contributed by atoms with van der Waals surface area (Å²) in [6.07, 6.45) is 0. The molecule has 5 rings (SSSR count). The number of fused-ring (bicyclic) bond motifs is 4. The molecule has 0 saturated heterocycles. The lowest BCUT2D eigenvalue weighted by Gasteiger charge is -2.09. The molecular weight excluding hydrogens is 402 g/mol. The first-order valence-electron chi connectivity index (χ1n) is 9.27. The van der Waals surface area contributed by atoms with E-state index in [9.17, 15) is 13.2 Å². The van der Waals surface area contributed by atoms with Gasteiger partial charge in [0, 0.05) is 22.2 Å². The maximum atomic E-state index is 13.6. The highest BCUT2D eigenvalue weighted by Crippen LogP contribution is 2.36. The molecule has 2 heterocycles. The van der Waals surface area contributed by atoms with Crippen LogP contribution in [0.3, 0.4) is 0 Å². The van der Waals surface area contributed by atoms with Gasteiger partial charge in [-0.25, -0.2) is 17.2 Å². The average molecular weight is 419 g/mol. The molecule has 0 atom stereocenters. The molecule has 0 aliphatic carbocycles. The molecular formula is C23H17NO5S. The number of methoxy groups -OCH3 is 1. The van der Waals surface area contributed by atoms with Gasteiger partial charge in [0.05, 0.1) is 23.0 Å². The lowest BCUT2D eigenvalue weighted by molar-refractivity contribution is 0.0567. The van der Waals surface area contributed by atoms with Crippen molar-refractivity contribution in [3.8, 4) is 0 Å². The van der Waals surface area contributed by atoms with Gasteiger partial charge in [-0.2, -0.15) is 0 Å². The molecule has 0 N–H and O–H groups in total. The Morgan fingerprint density at radius 1 is 0.933 bits per heavy atom. The lowest BCUT2D eigenvalue weighted by Crippen LogP contribution is -2.12. The molecule has 6 nitrogen and oxygen atoms in total. The zero-order valence-corrected chi connectivity index (χ0v) is 17.1. The van der Waals surface area contributed by atoms with Gasteiger partial charge in [-0.1, -0.05) is 35.9 Å². The second-order valence-corrected chi connectivity index (χ2v) is 8.90. The summed E-state index contributed by atoms with van der Waals surface area (Å²) in [5, 5.41) is 2.25. The van der Waals surface area contributed by atoms with E-state index in [-0.39, 0.29) is 10.7 Å². The molecule has 2 aromatic heterocycles. The van der Waals surface area contributed by atoms with Gasteiger partial charge in [0.1, 0.15) is 5.58 Å². The topological polar surface area (TPSA) is 78.5 Å². The molecule has 0 spiro atoms. The minimum absolute atomic E-state index is 0.0670. The molecule has 0 fully saturated rings. The highest BCUT2D eigenvalue weighted by molar-refractivity contribution is 7.90. The number of nitrogens with zero attached hydrogens (tertiary/aromatic N) is 1. The summed E-state index contributed by atoms with van der Waals surface area (Å²) < 4.78 is 38.9. The number of rotatable bonds is 3. The lowest BCUT2D eigenvalue weighted by atomic mass is 10.1. The van der Waals surface area contributed by atoms with E-state index in [4.69, 9.17) is 9.15 Å². The van der Waals surface area contributed by atoms with Crippen LogP contribution in [0.15, 0.2) is 76.0 Å². The third-order valence-corrected chi connectivity index (χ3v) is 6.95. The normalized spacial score (nSPS) is 12.1. The molecule has 0 saturated carbocycles. The third-order valence-electron chi connectivity index (χ3n) is 5.21. The second kappa shape index (κ2) is 6.47. The Labute approximate surface area is 172 Å². The highest BCUT2D eigenvalue weighted by Gasteiger charge is 2.24. The van der Waals surface area contributed by atoms with E-state index in [1.165, 1.54) is 11.1 Å². The summed E-state index contributed by atoms with van der Waals surface area (Å²) >= 11 is 0. The van der Waals surface area contributed by atoms with Gasteiger partial charge in [0.2, 0.25) is 5.76 Å². The molecule has 0 aliphatic rings. The van der Waals surface area contributed by atoms with Gasteiger partial charge in [0.15, 0.2) is 0 Å². The van der Waals surface area contributed by atoms with Crippen LogP contribution in [-0.2, 0) is 14.8 Å². The zero-order valence-electron chi connectivity index (χ0n) is 16.2. The molecule has 0 amide bonds. The first-order chi connectivity index (χ1) is 14.4. The molecule has 150 valence electrons. The first-order valence-corrected chi connectivity index (χ1v) is 10.7. The number of esters is 1. The molecule has 0 unspecified atom stereocenters. The average Bonchev–Trinajstić information content (AvgIpc) is 3.30.